The minimum Gasteiger partial charge on any atom is -0.459 e. The van der Waals surface area contributed by atoms with Crippen LogP contribution in [0.4, 0.5) is 0 Å². The first kappa shape index (κ1) is 21.3. The first-order chi connectivity index (χ1) is 12.6. The summed E-state index contributed by atoms with van der Waals surface area (Å²) in [5.74, 6) is -3.76. The Morgan fingerprint density at radius 1 is 1.22 bits per heavy atom. The molecule has 27 heavy (non-hydrogen) atoms. The van der Waals surface area contributed by atoms with E-state index in [0.717, 1.165) is 9.13 Å². The van der Waals surface area contributed by atoms with Gasteiger partial charge in [0.05, 0.1) is 0 Å². The van der Waals surface area contributed by atoms with Crippen molar-refractivity contribution in [2.75, 3.05) is 13.1 Å². The van der Waals surface area contributed by atoms with E-state index in [0.29, 0.717) is 6.54 Å². The van der Waals surface area contributed by atoms with Crippen LogP contribution >= 0.6 is 22.6 Å². The van der Waals surface area contributed by atoms with Crippen molar-refractivity contribution in [3.05, 3.63) is 33.4 Å². The van der Waals surface area contributed by atoms with Gasteiger partial charge >= 0.3 is 5.97 Å². The Morgan fingerprint density at radius 3 is 2.44 bits per heavy atom. The van der Waals surface area contributed by atoms with Crippen molar-refractivity contribution in [3.63, 3.8) is 0 Å². The molecule has 0 aromatic heterocycles. The molecule has 146 valence electrons. The highest BCUT2D eigenvalue weighted by molar-refractivity contribution is 14.1. The van der Waals surface area contributed by atoms with Crippen LogP contribution in [0.2, 0.25) is 0 Å². The van der Waals surface area contributed by atoms with E-state index in [1.807, 2.05) is 24.3 Å². The zero-order valence-corrected chi connectivity index (χ0v) is 17.7. The standard InChI is InChI=1S/C19H23IN2O5/c1-19(2,3)27-15(24)10-21-17(25)16-14(23)8-9-22(18(16)26)11-12-4-6-13(20)7-5-12/h4-7,16H,8-11H2,1-3H3,(H,21,25). The van der Waals surface area contributed by atoms with Crippen molar-refractivity contribution in [1.29, 1.82) is 0 Å². The molecule has 0 radical (unpaired) electrons. The number of carbonyl (C=O) groups excluding carboxylic acids is 4. The molecular weight excluding hydrogens is 463 g/mol. The molecule has 0 aliphatic carbocycles. The summed E-state index contributed by atoms with van der Waals surface area (Å²) in [6.45, 7) is 5.36. The molecule has 1 fully saturated rings. The smallest absolute Gasteiger partial charge is 0.325 e. The summed E-state index contributed by atoms with van der Waals surface area (Å²) >= 11 is 2.19. The number of piperidine rings is 1. The normalized spacial score (nSPS) is 17.6. The number of likely N-dealkylation sites (tertiary alicyclic amines) is 1. The van der Waals surface area contributed by atoms with Gasteiger partial charge in [0.2, 0.25) is 11.8 Å². The number of ketones is 1. The monoisotopic (exact) mass is 486 g/mol. The minimum atomic E-state index is -1.41. The zero-order valence-electron chi connectivity index (χ0n) is 15.6. The summed E-state index contributed by atoms with van der Waals surface area (Å²) in [7, 11) is 0. The van der Waals surface area contributed by atoms with Gasteiger partial charge in [0.1, 0.15) is 12.1 Å². The van der Waals surface area contributed by atoms with Gasteiger partial charge in [-0.3, -0.25) is 19.2 Å². The third-order valence-corrected chi connectivity index (χ3v) is 4.60. The molecule has 0 spiro atoms. The molecule has 1 saturated heterocycles. The van der Waals surface area contributed by atoms with Gasteiger partial charge in [-0.1, -0.05) is 12.1 Å². The third-order valence-electron chi connectivity index (χ3n) is 3.88. The van der Waals surface area contributed by atoms with Crippen LogP contribution in [0, 0.1) is 9.49 Å². The summed E-state index contributed by atoms with van der Waals surface area (Å²) < 4.78 is 6.18. The molecule has 1 N–H and O–H groups in total. The lowest BCUT2D eigenvalue weighted by atomic mass is 9.94. The summed E-state index contributed by atoms with van der Waals surface area (Å²) in [4.78, 5) is 50.4. The average molecular weight is 486 g/mol. The van der Waals surface area contributed by atoms with Gasteiger partial charge < -0.3 is 15.0 Å². The molecule has 1 unspecified atom stereocenters. The SMILES string of the molecule is CC(C)(C)OC(=O)CNC(=O)C1C(=O)CCN(Cc2ccc(I)cc2)C1=O. The Morgan fingerprint density at radius 2 is 1.85 bits per heavy atom. The summed E-state index contributed by atoms with van der Waals surface area (Å²) in [6.07, 6.45) is 0.112. The third kappa shape index (κ3) is 6.30. The number of halogens is 1. The quantitative estimate of drug-likeness (QED) is 0.389. The maximum absolute atomic E-state index is 12.6. The fourth-order valence-corrected chi connectivity index (χ4v) is 3.04. The molecule has 1 aliphatic rings. The van der Waals surface area contributed by atoms with Gasteiger partial charge in [-0.15, -0.1) is 0 Å². The van der Waals surface area contributed by atoms with Crippen molar-refractivity contribution in [2.24, 2.45) is 5.92 Å². The van der Waals surface area contributed by atoms with Crippen molar-refractivity contribution in [3.8, 4) is 0 Å². The number of rotatable bonds is 5. The van der Waals surface area contributed by atoms with Gasteiger partial charge in [0.15, 0.2) is 11.7 Å². The van der Waals surface area contributed by atoms with Crippen molar-refractivity contribution >= 4 is 46.2 Å². The molecule has 1 heterocycles. The van der Waals surface area contributed by atoms with Gasteiger partial charge in [-0.25, -0.2) is 0 Å². The topological polar surface area (TPSA) is 92.8 Å². The fraction of sp³-hybridized carbons (Fsp3) is 0.474. The van der Waals surface area contributed by atoms with Gasteiger partial charge in [-0.05, 0) is 61.1 Å². The van der Waals surface area contributed by atoms with E-state index in [-0.39, 0.29) is 19.5 Å². The van der Waals surface area contributed by atoms with Crippen LogP contribution in [0.5, 0.6) is 0 Å². The van der Waals surface area contributed by atoms with Crippen LogP contribution in [0.1, 0.15) is 32.8 Å². The highest BCUT2D eigenvalue weighted by Gasteiger charge is 2.40. The van der Waals surface area contributed by atoms with E-state index in [1.165, 1.54) is 4.90 Å². The number of nitrogens with one attached hydrogen (secondary N) is 1. The van der Waals surface area contributed by atoms with E-state index in [4.69, 9.17) is 4.74 Å². The van der Waals surface area contributed by atoms with E-state index < -0.39 is 35.1 Å². The maximum atomic E-state index is 12.6. The first-order valence-corrected chi connectivity index (χ1v) is 9.70. The molecule has 0 bridgehead atoms. The number of hydrogen-bond acceptors (Lipinski definition) is 5. The fourth-order valence-electron chi connectivity index (χ4n) is 2.68. The maximum Gasteiger partial charge on any atom is 0.325 e. The molecule has 1 aliphatic heterocycles. The summed E-state index contributed by atoms with van der Waals surface area (Å²) in [6, 6.07) is 7.67. The Hall–Kier alpha value is -1.97. The number of amides is 2. The van der Waals surface area contributed by atoms with Gasteiger partial charge in [0, 0.05) is 23.1 Å². The second-order valence-corrected chi connectivity index (χ2v) is 8.59. The first-order valence-electron chi connectivity index (χ1n) is 8.62. The van der Waals surface area contributed by atoms with E-state index >= 15 is 0 Å². The van der Waals surface area contributed by atoms with Crippen LogP contribution in [0.15, 0.2) is 24.3 Å². The summed E-state index contributed by atoms with van der Waals surface area (Å²) in [5.41, 5.74) is 0.244. The molecule has 2 amide bonds. The number of Topliss-reactive ketones (excluding diaryl/α,β-unsaturated/α-hetero) is 1. The molecule has 1 aromatic carbocycles. The molecule has 7 nitrogen and oxygen atoms in total. The average Bonchev–Trinajstić information content (AvgIpc) is 2.56. The molecule has 8 heteroatoms. The molecule has 1 atom stereocenters. The Kier molecular flexibility index (Phi) is 6.96. The number of hydrogen-bond donors (Lipinski definition) is 1. The van der Waals surface area contributed by atoms with E-state index in [1.54, 1.807) is 20.8 Å². The van der Waals surface area contributed by atoms with E-state index in [2.05, 4.69) is 27.9 Å². The summed E-state index contributed by atoms with van der Waals surface area (Å²) in [5, 5.41) is 2.34. The molecule has 0 saturated carbocycles. The van der Waals surface area contributed by atoms with Crippen LogP contribution in [0.25, 0.3) is 0 Å². The molecule has 2 rings (SSSR count). The Bertz CT molecular complexity index is 739. The molecular formula is C19H23IN2O5. The second-order valence-electron chi connectivity index (χ2n) is 7.34. The van der Waals surface area contributed by atoms with Crippen LogP contribution < -0.4 is 5.32 Å². The number of nitrogens with zero attached hydrogens (tertiary/aromatic N) is 1. The lowest BCUT2D eigenvalue weighted by molar-refractivity contribution is -0.157. The van der Waals surface area contributed by atoms with Crippen molar-refractivity contribution in [1.82, 2.24) is 10.2 Å². The van der Waals surface area contributed by atoms with Crippen LogP contribution in [0.3, 0.4) is 0 Å². The number of ether oxygens (including phenoxy) is 1. The number of esters is 1. The molecule has 1 aromatic rings. The zero-order chi connectivity index (χ0) is 20.2. The van der Waals surface area contributed by atoms with E-state index in [9.17, 15) is 19.2 Å². The number of carbonyl (C=O) groups is 4. The van der Waals surface area contributed by atoms with Crippen molar-refractivity contribution < 1.29 is 23.9 Å². The predicted octanol–water partition coefficient (Wildman–Crippen LogP) is 1.67. The highest BCUT2D eigenvalue weighted by Crippen LogP contribution is 2.18. The van der Waals surface area contributed by atoms with Crippen LogP contribution in [-0.4, -0.2) is 47.2 Å². The van der Waals surface area contributed by atoms with Crippen LogP contribution in [-0.2, 0) is 30.5 Å². The lowest BCUT2D eigenvalue weighted by Crippen LogP contribution is -2.52. The van der Waals surface area contributed by atoms with Gasteiger partial charge in [-0.2, -0.15) is 0 Å². The highest BCUT2D eigenvalue weighted by atomic mass is 127. The Labute approximate surface area is 172 Å². The largest absolute Gasteiger partial charge is 0.459 e. The second kappa shape index (κ2) is 8.81. The van der Waals surface area contributed by atoms with Crippen molar-refractivity contribution in [2.45, 2.75) is 39.3 Å². The number of benzene rings is 1. The minimum absolute atomic E-state index is 0.112. The predicted molar refractivity (Wildman–Crippen MR) is 107 cm³/mol. The Balaban J connectivity index is 1.98. The lowest BCUT2D eigenvalue weighted by Gasteiger charge is -2.31. The van der Waals surface area contributed by atoms with Gasteiger partial charge in [0.25, 0.3) is 0 Å².